The highest BCUT2D eigenvalue weighted by atomic mass is 32.2. The summed E-state index contributed by atoms with van der Waals surface area (Å²) in [4.78, 5) is 23.8. The van der Waals surface area contributed by atoms with Gasteiger partial charge in [-0.2, -0.15) is 0 Å². The number of nitrogens with one attached hydrogen (secondary N) is 2. The molecule has 0 unspecified atom stereocenters. The first-order valence-corrected chi connectivity index (χ1v) is 16.9. The molecule has 0 spiro atoms. The Kier molecular flexibility index (Phi) is 11.8. The molecule has 0 radical (unpaired) electrons. The molecule has 0 bridgehead atoms. The first-order valence-electron chi connectivity index (χ1n) is 15.1. The third-order valence-electron chi connectivity index (χ3n) is 7.65. The number of carbonyl (C=O) groups excluding carboxylic acids is 2. The Labute approximate surface area is 276 Å². The Hall–Kier alpha value is -3.81. The van der Waals surface area contributed by atoms with Gasteiger partial charge >= 0.3 is 12.0 Å². The summed E-state index contributed by atoms with van der Waals surface area (Å²) < 4.78 is 19.0. The zero-order valence-electron chi connectivity index (χ0n) is 26.0. The van der Waals surface area contributed by atoms with Crippen LogP contribution < -0.4 is 10.6 Å². The summed E-state index contributed by atoms with van der Waals surface area (Å²) in [6.07, 6.45) is -0.916. The van der Waals surface area contributed by atoms with Gasteiger partial charge in [0.05, 0.1) is 25.4 Å². The van der Waals surface area contributed by atoms with Crippen molar-refractivity contribution in [2.45, 2.75) is 56.8 Å². The van der Waals surface area contributed by atoms with E-state index in [2.05, 4.69) is 27.8 Å². The number of nitrogens with zero attached hydrogens (tertiary/aromatic N) is 2. The van der Waals surface area contributed by atoms with Crippen molar-refractivity contribution < 1.29 is 28.9 Å². The van der Waals surface area contributed by atoms with Crippen LogP contribution in [0, 0.1) is 12.8 Å². The largest absolute Gasteiger partial charge is 0.465 e. The van der Waals surface area contributed by atoms with Crippen LogP contribution in [0.15, 0.2) is 77.1 Å². The van der Waals surface area contributed by atoms with E-state index in [1.54, 1.807) is 30.0 Å². The van der Waals surface area contributed by atoms with Crippen molar-refractivity contribution in [3.63, 3.8) is 0 Å². The minimum atomic E-state index is -0.588. The molecule has 3 aromatic carbocycles. The van der Waals surface area contributed by atoms with Gasteiger partial charge in [-0.05, 0) is 41.7 Å². The van der Waals surface area contributed by atoms with Crippen molar-refractivity contribution in [1.29, 1.82) is 0 Å². The Balaban J connectivity index is 1.31. The highest BCUT2D eigenvalue weighted by Crippen LogP contribution is 2.43. The molecular formula is C34H38N4O6S2. The highest BCUT2D eigenvalue weighted by Gasteiger charge is 2.38. The minimum Gasteiger partial charge on any atom is -0.465 e. The summed E-state index contributed by atoms with van der Waals surface area (Å²) in [5, 5.41) is 24.2. The number of thioether (sulfide) groups is 1. The maximum absolute atomic E-state index is 12.3. The third kappa shape index (κ3) is 8.71. The van der Waals surface area contributed by atoms with E-state index in [1.165, 1.54) is 0 Å². The number of rotatable bonds is 12. The van der Waals surface area contributed by atoms with Crippen molar-refractivity contribution in [2.75, 3.05) is 18.9 Å². The van der Waals surface area contributed by atoms with E-state index >= 15 is 0 Å². The molecule has 242 valence electrons. The number of carbonyl (C=O) groups is 2. The number of amides is 2. The fourth-order valence-corrected chi connectivity index (χ4v) is 7.18. The van der Waals surface area contributed by atoms with Gasteiger partial charge in [0, 0.05) is 23.8 Å². The molecule has 4 atom stereocenters. The molecule has 2 amide bonds. The number of aromatic nitrogens is 2. The van der Waals surface area contributed by atoms with Gasteiger partial charge in [0.1, 0.15) is 11.6 Å². The van der Waals surface area contributed by atoms with E-state index in [0.29, 0.717) is 5.75 Å². The van der Waals surface area contributed by atoms with Crippen LogP contribution in [0.25, 0.3) is 11.1 Å². The number of esters is 1. The summed E-state index contributed by atoms with van der Waals surface area (Å²) in [6, 6.07) is 23.3. The van der Waals surface area contributed by atoms with Crippen LogP contribution in [0.2, 0.25) is 0 Å². The fourth-order valence-electron chi connectivity index (χ4n) is 5.18. The number of urea groups is 1. The summed E-state index contributed by atoms with van der Waals surface area (Å²) in [5.41, 5.74) is 5.65. The Morgan fingerprint density at radius 1 is 0.978 bits per heavy atom. The maximum Gasteiger partial charge on any atom is 0.325 e. The van der Waals surface area contributed by atoms with Crippen molar-refractivity contribution in [1.82, 2.24) is 20.8 Å². The normalized spacial score (nSPS) is 19.4. The summed E-state index contributed by atoms with van der Waals surface area (Å²) in [6.45, 7) is 6.14. The summed E-state index contributed by atoms with van der Waals surface area (Å²) in [7, 11) is 0. The highest BCUT2D eigenvalue weighted by molar-refractivity contribution is 8.01. The first-order chi connectivity index (χ1) is 22.3. The molecule has 4 aromatic rings. The number of benzene rings is 3. The van der Waals surface area contributed by atoms with Crippen molar-refractivity contribution in [2.24, 2.45) is 5.92 Å². The second-order valence-corrected chi connectivity index (χ2v) is 13.3. The molecule has 2 heterocycles. The van der Waals surface area contributed by atoms with Gasteiger partial charge in [0.15, 0.2) is 10.6 Å². The molecule has 1 aliphatic rings. The number of hydrogen-bond acceptors (Lipinski definition) is 10. The van der Waals surface area contributed by atoms with Gasteiger partial charge in [-0.25, -0.2) is 4.79 Å². The average molecular weight is 663 g/mol. The zero-order valence-corrected chi connectivity index (χ0v) is 27.6. The predicted molar refractivity (Wildman–Crippen MR) is 177 cm³/mol. The molecule has 12 heteroatoms. The Morgan fingerprint density at radius 2 is 1.72 bits per heavy atom. The molecule has 1 fully saturated rings. The lowest BCUT2D eigenvalue weighted by Crippen LogP contribution is -2.38. The van der Waals surface area contributed by atoms with Crippen LogP contribution in [-0.2, 0) is 32.2 Å². The van der Waals surface area contributed by atoms with Crippen LogP contribution >= 0.6 is 23.1 Å². The predicted octanol–water partition coefficient (Wildman–Crippen LogP) is 5.95. The van der Waals surface area contributed by atoms with Gasteiger partial charge < -0.3 is 30.0 Å². The van der Waals surface area contributed by atoms with E-state index in [9.17, 15) is 14.7 Å². The van der Waals surface area contributed by atoms with E-state index in [4.69, 9.17) is 14.2 Å². The standard InChI is InChI=1S/C34H38N4O6S2/c1-4-42-30(40)18-36-33(41)35-17-27-7-5-6-8-28(27)24-13-15-26(16-14-24)32-43-29(20-45-34-38-37-22(3)46-34)21(2)31(44-32)25-11-9-23(19-39)10-12-25/h5-16,21,29,31-32,39H,4,17-20H2,1-3H3,(H2,35,36,41)/t21-,29+,31+,32+/m1/s1. The number of hydrogen-bond donors (Lipinski definition) is 3. The number of aryl methyl sites for hydroxylation is 1. The van der Waals surface area contributed by atoms with Gasteiger partial charge in [-0.1, -0.05) is 103 Å². The van der Waals surface area contributed by atoms with Crippen LogP contribution in [0.1, 0.15) is 53.5 Å². The smallest absolute Gasteiger partial charge is 0.325 e. The topological polar surface area (TPSA) is 132 Å². The van der Waals surface area contributed by atoms with E-state index in [1.807, 2.05) is 79.7 Å². The number of aliphatic hydroxyl groups is 1. The van der Waals surface area contributed by atoms with Crippen LogP contribution in [0.3, 0.4) is 0 Å². The number of aliphatic hydroxyl groups excluding tert-OH is 1. The molecule has 1 saturated heterocycles. The van der Waals surface area contributed by atoms with E-state index in [-0.39, 0.29) is 44.4 Å². The van der Waals surface area contributed by atoms with Gasteiger partial charge in [-0.3, -0.25) is 4.79 Å². The van der Waals surface area contributed by atoms with Crippen molar-refractivity contribution in [3.05, 3.63) is 100 Å². The molecule has 46 heavy (non-hydrogen) atoms. The fraction of sp³-hybridized carbons (Fsp3) is 0.353. The summed E-state index contributed by atoms with van der Waals surface area (Å²) in [5.74, 6) is 0.277. The molecule has 3 N–H and O–H groups in total. The SMILES string of the molecule is CCOC(=O)CNC(=O)NCc1ccccc1-c1ccc([C@H]2O[C@@H](CSc3nnc(C)s3)[C@@H](C)[C@@H](c3ccc(CO)cc3)O2)cc1. The molecule has 10 nitrogen and oxygen atoms in total. The molecule has 0 saturated carbocycles. The van der Waals surface area contributed by atoms with Crippen LogP contribution in [-0.4, -0.2) is 52.3 Å². The van der Waals surface area contributed by atoms with Crippen LogP contribution in [0.5, 0.6) is 0 Å². The average Bonchev–Trinajstić information content (AvgIpc) is 3.51. The maximum atomic E-state index is 12.3. The molecule has 1 aliphatic heterocycles. The third-order valence-corrected chi connectivity index (χ3v) is 9.71. The van der Waals surface area contributed by atoms with Gasteiger partial charge in [0.2, 0.25) is 0 Å². The second kappa shape index (κ2) is 16.1. The lowest BCUT2D eigenvalue weighted by Gasteiger charge is -2.41. The lowest BCUT2D eigenvalue weighted by molar-refractivity contribution is -0.268. The molecule has 0 aliphatic carbocycles. The second-order valence-electron chi connectivity index (χ2n) is 10.8. The van der Waals surface area contributed by atoms with Gasteiger partial charge in [0.25, 0.3) is 0 Å². The van der Waals surface area contributed by atoms with Gasteiger partial charge in [-0.15, -0.1) is 10.2 Å². The van der Waals surface area contributed by atoms with E-state index in [0.717, 1.165) is 42.7 Å². The minimum absolute atomic E-state index is 0.0121. The Bertz CT molecular complexity index is 1600. The zero-order chi connectivity index (χ0) is 32.5. The molecular weight excluding hydrogens is 625 g/mol. The van der Waals surface area contributed by atoms with E-state index < -0.39 is 18.3 Å². The monoisotopic (exact) mass is 662 g/mol. The van der Waals surface area contributed by atoms with Crippen molar-refractivity contribution >= 4 is 35.1 Å². The molecule has 1 aromatic heterocycles. The summed E-state index contributed by atoms with van der Waals surface area (Å²) >= 11 is 3.21. The quantitative estimate of drug-likeness (QED) is 0.124. The van der Waals surface area contributed by atoms with Crippen molar-refractivity contribution in [3.8, 4) is 11.1 Å². The molecule has 5 rings (SSSR count). The number of ether oxygens (including phenoxy) is 3. The first kappa shape index (κ1) is 33.6. The lowest BCUT2D eigenvalue weighted by atomic mass is 9.91. The Morgan fingerprint density at radius 3 is 2.41 bits per heavy atom. The van der Waals surface area contributed by atoms with Crippen LogP contribution in [0.4, 0.5) is 4.79 Å².